The molecule has 1 saturated heterocycles. The molecular formula is C18H26N2O3. The summed E-state index contributed by atoms with van der Waals surface area (Å²) in [5.74, 6) is 1.27. The van der Waals surface area contributed by atoms with Gasteiger partial charge in [-0.1, -0.05) is 18.2 Å². The van der Waals surface area contributed by atoms with E-state index in [9.17, 15) is 4.79 Å². The van der Waals surface area contributed by atoms with Crippen molar-refractivity contribution in [3.05, 3.63) is 29.8 Å². The Morgan fingerprint density at radius 1 is 1.39 bits per heavy atom. The third-order valence-electron chi connectivity index (χ3n) is 4.88. The summed E-state index contributed by atoms with van der Waals surface area (Å²) in [4.78, 5) is 12.2. The maximum Gasteiger partial charge on any atom is 0.220 e. The van der Waals surface area contributed by atoms with Crippen LogP contribution in [0.25, 0.3) is 0 Å². The monoisotopic (exact) mass is 318 g/mol. The maximum absolute atomic E-state index is 12.2. The van der Waals surface area contributed by atoms with Crippen LogP contribution in [0.1, 0.15) is 37.2 Å². The first-order chi connectivity index (χ1) is 11.2. The fourth-order valence-electron chi connectivity index (χ4n) is 3.70. The first kappa shape index (κ1) is 16.3. The van der Waals surface area contributed by atoms with Gasteiger partial charge in [-0.05, 0) is 44.0 Å². The molecule has 1 aromatic carbocycles. The van der Waals surface area contributed by atoms with E-state index >= 15 is 0 Å². The van der Waals surface area contributed by atoms with Gasteiger partial charge >= 0.3 is 0 Å². The van der Waals surface area contributed by atoms with E-state index < -0.39 is 0 Å². The van der Waals surface area contributed by atoms with Gasteiger partial charge in [0.15, 0.2) is 0 Å². The van der Waals surface area contributed by atoms with Crippen LogP contribution in [-0.2, 0) is 9.53 Å². The summed E-state index contributed by atoms with van der Waals surface area (Å²) in [5.41, 5.74) is 1.05. The van der Waals surface area contributed by atoms with E-state index in [-0.39, 0.29) is 17.4 Å². The lowest BCUT2D eigenvalue weighted by Crippen LogP contribution is -2.49. The average molecular weight is 318 g/mol. The number of hydrogen-bond acceptors (Lipinski definition) is 4. The standard InChI is InChI=1S/C18H26N2O3/c1-22-11-10-20-17(21)12-14-13-18(6-8-19-9-7-18)23-16-5-3-2-4-15(14)16/h2-5,14,19H,6-13H2,1H3,(H,20,21)/t14-/m1/s1. The molecule has 2 N–H and O–H groups in total. The van der Waals surface area contributed by atoms with Gasteiger partial charge in [-0.25, -0.2) is 0 Å². The minimum Gasteiger partial charge on any atom is -0.487 e. The predicted molar refractivity (Wildman–Crippen MR) is 88.8 cm³/mol. The molecule has 126 valence electrons. The van der Waals surface area contributed by atoms with E-state index in [0.29, 0.717) is 19.6 Å². The molecule has 1 aromatic rings. The van der Waals surface area contributed by atoms with E-state index in [4.69, 9.17) is 9.47 Å². The zero-order chi connectivity index (χ0) is 16.1. The Morgan fingerprint density at radius 3 is 2.96 bits per heavy atom. The Balaban J connectivity index is 1.73. The fourth-order valence-corrected chi connectivity index (χ4v) is 3.70. The Kier molecular flexibility index (Phi) is 5.18. The van der Waals surface area contributed by atoms with Crippen LogP contribution in [0.15, 0.2) is 24.3 Å². The highest BCUT2D eigenvalue weighted by Gasteiger charge is 2.42. The number of ether oxygens (including phenoxy) is 2. The SMILES string of the molecule is COCCNC(=O)C[C@@H]1CC2(CCNCC2)Oc2ccccc21. The number of hydrogen-bond donors (Lipinski definition) is 2. The van der Waals surface area contributed by atoms with Gasteiger partial charge in [-0.2, -0.15) is 0 Å². The third-order valence-corrected chi connectivity index (χ3v) is 4.88. The molecule has 5 heteroatoms. The Morgan fingerprint density at radius 2 is 2.17 bits per heavy atom. The third kappa shape index (κ3) is 3.85. The summed E-state index contributed by atoms with van der Waals surface area (Å²) >= 11 is 0. The molecular weight excluding hydrogens is 292 g/mol. The summed E-state index contributed by atoms with van der Waals surface area (Å²) in [6.45, 7) is 3.07. The molecule has 0 radical (unpaired) electrons. The molecule has 1 fully saturated rings. The summed E-state index contributed by atoms with van der Waals surface area (Å²) < 4.78 is 11.4. The van der Waals surface area contributed by atoms with Crippen molar-refractivity contribution in [2.45, 2.75) is 37.2 Å². The van der Waals surface area contributed by atoms with Crippen LogP contribution in [0.3, 0.4) is 0 Å². The van der Waals surface area contributed by atoms with Gasteiger partial charge in [0, 0.05) is 26.0 Å². The zero-order valence-electron chi connectivity index (χ0n) is 13.8. The van der Waals surface area contributed by atoms with E-state index in [0.717, 1.165) is 38.1 Å². The van der Waals surface area contributed by atoms with E-state index in [1.807, 2.05) is 18.2 Å². The number of fused-ring (bicyclic) bond motifs is 1. The summed E-state index contributed by atoms with van der Waals surface area (Å²) in [7, 11) is 1.64. The van der Waals surface area contributed by atoms with Gasteiger partial charge in [0.2, 0.25) is 5.91 Å². The molecule has 3 rings (SSSR count). The van der Waals surface area contributed by atoms with Crippen molar-refractivity contribution in [3.63, 3.8) is 0 Å². The van der Waals surface area contributed by atoms with Crippen LogP contribution < -0.4 is 15.4 Å². The maximum atomic E-state index is 12.2. The van der Waals surface area contributed by atoms with E-state index in [2.05, 4.69) is 16.7 Å². The predicted octanol–water partition coefficient (Wildman–Crippen LogP) is 1.83. The lowest BCUT2D eigenvalue weighted by Gasteiger charge is -2.44. The number of carbonyl (C=O) groups is 1. The number of para-hydroxylation sites is 1. The normalized spacial score (nSPS) is 22.2. The second-order valence-corrected chi connectivity index (χ2v) is 6.52. The van der Waals surface area contributed by atoms with Gasteiger partial charge < -0.3 is 20.1 Å². The molecule has 0 aromatic heterocycles. The molecule has 0 bridgehead atoms. The highest BCUT2D eigenvalue weighted by Crippen LogP contribution is 2.45. The molecule has 2 aliphatic heterocycles. The number of carbonyl (C=O) groups excluding carboxylic acids is 1. The van der Waals surface area contributed by atoms with Gasteiger partial charge in [-0.15, -0.1) is 0 Å². The van der Waals surface area contributed by atoms with E-state index in [1.54, 1.807) is 7.11 Å². The molecule has 5 nitrogen and oxygen atoms in total. The Hall–Kier alpha value is -1.59. The van der Waals surface area contributed by atoms with Gasteiger partial charge in [0.25, 0.3) is 0 Å². The first-order valence-corrected chi connectivity index (χ1v) is 8.47. The van der Waals surface area contributed by atoms with E-state index in [1.165, 1.54) is 5.56 Å². The molecule has 2 aliphatic rings. The van der Waals surface area contributed by atoms with Crippen molar-refractivity contribution >= 4 is 5.91 Å². The lowest BCUT2D eigenvalue weighted by molar-refractivity contribution is -0.122. The van der Waals surface area contributed by atoms with Crippen molar-refractivity contribution in [1.82, 2.24) is 10.6 Å². The number of amides is 1. The van der Waals surface area contributed by atoms with Gasteiger partial charge in [-0.3, -0.25) is 4.79 Å². The largest absolute Gasteiger partial charge is 0.487 e. The van der Waals surface area contributed by atoms with Crippen LogP contribution in [0.4, 0.5) is 0 Å². The van der Waals surface area contributed by atoms with Crippen molar-refractivity contribution < 1.29 is 14.3 Å². The minimum absolute atomic E-state index is 0.0906. The highest BCUT2D eigenvalue weighted by atomic mass is 16.5. The summed E-state index contributed by atoms with van der Waals surface area (Å²) in [6.07, 6.45) is 3.44. The second kappa shape index (κ2) is 7.32. The summed E-state index contributed by atoms with van der Waals surface area (Å²) in [6, 6.07) is 8.16. The number of methoxy groups -OCH3 is 1. The number of piperidine rings is 1. The number of benzene rings is 1. The molecule has 1 atom stereocenters. The average Bonchev–Trinajstić information content (AvgIpc) is 2.56. The van der Waals surface area contributed by atoms with Crippen LogP contribution in [-0.4, -0.2) is 44.9 Å². The second-order valence-electron chi connectivity index (χ2n) is 6.52. The summed E-state index contributed by atoms with van der Waals surface area (Å²) in [5, 5.41) is 6.33. The van der Waals surface area contributed by atoms with Crippen molar-refractivity contribution in [3.8, 4) is 5.75 Å². The molecule has 0 saturated carbocycles. The van der Waals surface area contributed by atoms with Crippen LogP contribution >= 0.6 is 0 Å². The highest BCUT2D eigenvalue weighted by molar-refractivity contribution is 5.77. The lowest BCUT2D eigenvalue weighted by atomic mass is 9.76. The fraction of sp³-hybridized carbons (Fsp3) is 0.611. The van der Waals surface area contributed by atoms with Crippen molar-refractivity contribution in [2.24, 2.45) is 0 Å². The minimum atomic E-state index is -0.114. The van der Waals surface area contributed by atoms with Crippen molar-refractivity contribution in [1.29, 1.82) is 0 Å². The van der Waals surface area contributed by atoms with Crippen molar-refractivity contribution in [2.75, 3.05) is 33.4 Å². The number of nitrogens with one attached hydrogen (secondary N) is 2. The van der Waals surface area contributed by atoms with Crippen LogP contribution in [0.5, 0.6) is 5.75 Å². The molecule has 23 heavy (non-hydrogen) atoms. The molecule has 0 aliphatic carbocycles. The quantitative estimate of drug-likeness (QED) is 0.813. The van der Waals surface area contributed by atoms with Crippen LogP contribution in [0, 0.1) is 0 Å². The van der Waals surface area contributed by atoms with Crippen LogP contribution in [0.2, 0.25) is 0 Å². The topological polar surface area (TPSA) is 59.6 Å². The Bertz CT molecular complexity index is 541. The number of rotatable bonds is 5. The van der Waals surface area contributed by atoms with Gasteiger partial charge in [0.05, 0.1) is 6.61 Å². The Labute approximate surface area is 137 Å². The molecule has 1 amide bonds. The zero-order valence-corrected chi connectivity index (χ0v) is 13.8. The first-order valence-electron chi connectivity index (χ1n) is 8.47. The molecule has 0 unspecified atom stereocenters. The molecule has 1 spiro atoms. The molecule has 2 heterocycles. The van der Waals surface area contributed by atoms with Gasteiger partial charge in [0.1, 0.15) is 11.4 Å². The smallest absolute Gasteiger partial charge is 0.220 e.